The molecule has 0 saturated heterocycles. The fourth-order valence-corrected chi connectivity index (χ4v) is 4.00. The molecule has 0 spiro atoms. The van der Waals surface area contributed by atoms with Crippen molar-refractivity contribution in [2.24, 2.45) is 0 Å². The van der Waals surface area contributed by atoms with Gasteiger partial charge in [-0.1, -0.05) is 70.5 Å². The lowest BCUT2D eigenvalue weighted by molar-refractivity contribution is 1.77. The van der Waals surface area contributed by atoms with E-state index in [4.69, 9.17) is 0 Å². The van der Waals surface area contributed by atoms with Crippen LogP contribution < -0.4 is 0 Å². The van der Waals surface area contributed by atoms with Gasteiger partial charge in [0.05, 0.1) is 0 Å². The van der Waals surface area contributed by atoms with Crippen LogP contribution in [0.3, 0.4) is 0 Å². The molecule has 0 nitrogen and oxygen atoms in total. The third-order valence-corrected chi connectivity index (χ3v) is 4.95. The second-order valence-electron chi connectivity index (χ2n) is 5.53. The molecular formula is C20H11Br. The molecule has 0 unspecified atom stereocenters. The Morgan fingerprint density at radius 3 is 1.57 bits per heavy atom. The van der Waals surface area contributed by atoms with Crippen molar-refractivity contribution in [2.75, 3.05) is 0 Å². The third kappa shape index (κ3) is 1.39. The smallest absolute Gasteiger partial charge is 0.0181 e. The van der Waals surface area contributed by atoms with Gasteiger partial charge in [-0.15, -0.1) is 0 Å². The Morgan fingerprint density at radius 1 is 0.476 bits per heavy atom. The summed E-state index contributed by atoms with van der Waals surface area (Å²) in [6.07, 6.45) is 0. The second-order valence-corrected chi connectivity index (χ2v) is 6.45. The summed E-state index contributed by atoms with van der Waals surface area (Å²) in [4.78, 5) is 0. The minimum atomic E-state index is 1.13. The van der Waals surface area contributed by atoms with E-state index >= 15 is 0 Å². The normalized spacial score (nSPS) is 12.0. The molecule has 0 bridgehead atoms. The van der Waals surface area contributed by atoms with Gasteiger partial charge in [0.15, 0.2) is 0 Å². The van der Waals surface area contributed by atoms with E-state index in [9.17, 15) is 0 Å². The van der Waals surface area contributed by atoms with Crippen LogP contribution in [0.4, 0.5) is 0 Å². The first-order valence-corrected chi connectivity index (χ1v) is 7.87. The summed E-state index contributed by atoms with van der Waals surface area (Å²) in [7, 11) is 0. The lowest BCUT2D eigenvalue weighted by Crippen LogP contribution is -1.68. The van der Waals surface area contributed by atoms with Crippen molar-refractivity contribution < 1.29 is 0 Å². The van der Waals surface area contributed by atoms with Gasteiger partial charge in [-0.05, 0) is 55.2 Å². The van der Waals surface area contributed by atoms with Gasteiger partial charge in [-0.2, -0.15) is 0 Å². The van der Waals surface area contributed by atoms with Gasteiger partial charge >= 0.3 is 0 Å². The van der Waals surface area contributed by atoms with Crippen molar-refractivity contribution >= 4 is 59.0 Å². The topological polar surface area (TPSA) is 0 Å². The summed E-state index contributed by atoms with van der Waals surface area (Å²) in [5, 5.41) is 10.9. The maximum absolute atomic E-state index is 3.61. The van der Waals surface area contributed by atoms with Gasteiger partial charge in [0, 0.05) is 4.47 Å². The summed E-state index contributed by atoms with van der Waals surface area (Å²) in [5.74, 6) is 0. The molecule has 0 aliphatic heterocycles. The maximum atomic E-state index is 3.61. The Bertz CT molecular complexity index is 1140. The van der Waals surface area contributed by atoms with E-state index in [2.05, 4.69) is 82.7 Å². The van der Waals surface area contributed by atoms with Crippen LogP contribution in [0.2, 0.25) is 0 Å². The fraction of sp³-hybridized carbons (Fsp3) is 0. The molecule has 0 radical (unpaired) electrons. The molecule has 5 rings (SSSR count). The van der Waals surface area contributed by atoms with Crippen LogP contribution in [0.25, 0.3) is 43.1 Å². The fourth-order valence-electron chi connectivity index (χ4n) is 3.64. The van der Waals surface area contributed by atoms with E-state index in [1.165, 1.54) is 43.1 Å². The average Bonchev–Trinajstić information content (AvgIpc) is 2.87. The molecule has 0 atom stereocenters. The number of benzene rings is 2. The Morgan fingerprint density at radius 2 is 0.952 bits per heavy atom. The van der Waals surface area contributed by atoms with Gasteiger partial charge in [0.2, 0.25) is 0 Å². The molecule has 0 fully saturated rings. The summed E-state index contributed by atoms with van der Waals surface area (Å²) < 4.78 is 1.13. The van der Waals surface area contributed by atoms with Crippen LogP contribution in [-0.2, 0) is 0 Å². The van der Waals surface area contributed by atoms with Crippen LogP contribution in [0.15, 0.2) is 71.2 Å². The molecule has 0 N–H and O–H groups in total. The van der Waals surface area contributed by atoms with E-state index in [1.807, 2.05) is 0 Å². The van der Waals surface area contributed by atoms with Gasteiger partial charge in [-0.25, -0.2) is 0 Å². The van der Waals surface area contributed by atoms with Crippen molar-refractivity contribution in [1.29, 1.82) is 0 Å². The van der Waals surface area contributed by atoms with Crippen LogP contribution >= 0.6 is 15.9 Å². The molecule has 1 heteroatoms. The monoisotopic (exact) mass is 330 g/mol. The highest BCUT2D eigenvalue weighted by Gasteiger charge is 2.16. The Balaban J connectivity index is 2.28. The van der Waals surface area contributed by atoms with Gasteiger partial charge in [0.1, 0.15) is 0 Å². The van der Waals surface area contributed by atoms with Crippen LogP contribution in [0.5, 0.6) is 0 Å². The van der Waals surface area contributed by atoms with Crippen LogP contribution in [-0.4, -0.2) is 0 Å². The molecule has 5 aromatic rings. The first-order chi connectivity index (χ1) is 10.3. The summed E-state index contributed by atoms with van der Waals surface area (Å²) in [6, 6.07) is 24.1. The number of hydrogen-bond donors (Lipinski definition) is 0. The zero-order valence-corrected chi connectivity index (χ0v) is 12.8. The van der Waals surface area contributed by atoms with E-state index in [-0.39, 0.29) is 0 Å². The molecule has 0 aromatic heterocycles. The van der Waals surface area contributed by atoms with Crippen LogP contribution in [0.1, 0.15) is 0 Å². The zero-order chi connectivity index (χ0) is 14.0. The standard InChI is InChI=1S/C20H11Br/c21-12-9-10-17-18(11-12)16-8-4-3-7-14-13-5-1-2-6-15(13)20(17)19(14)16/h1-11H. The van der Waals surface area contributed by atoms with E-state index in [0.29, 0.717) is 0 Å². The highest BCUT2D eigenvalue weighted by atomic mass is 79.9. The number of halogens is 1. The molecule has 0 saturated carbocycles. The second kappa shape index (κ2) is 3.96. The number of hydrogen-bond acceptors (Lipinski definition) is 0. The van der Waals surface area contributed by atoms with Crippen molar-refractivity contribution in [3.05, 3.63) is 71.2 Å². The maximum Gasteiger partial charge on any atom is 0.0181 e. The first kappa shape index (κ1) is 11.5. The Hall–Kier alpha value is -2.12. The van der Waals surface area contributed by atoms with Gasteiger partial charge in [-0.3, -0.25) is 0 Å². The highest BCUT2D eigenvalue weighted by molar-refractivity contribution is 9.10. The third-order valence-electron chi connectivity index (χ3n) is 4.45. The largest absolute Gasteiger partial charge is 0.0616 e. The molecule has 0 heterocycles. The van der Waals surface area contributed by atoms with E-state index in [1.54, 1.807) is 0 Å². The molecule has 0 aliphatic carbocycles. The molecule has 98 valence electrons. The highest BCUT2D eigenvalue weighted by Crippen LogP contribution is 2.45. The lowest BCUT2D eigenvalue weighted by Gasteiger charge is -1.96. The van der Waals surface area contributed by atoms with Gasteiger partial charge in [0.25, 0.3) is 0 Å². The Labute approximate surface area is 130 Å². The minimum absolute atomic E-state index is 1.13. The van der Waals surface area contributed by atoms with E-state index < -0.39 is 0 Å². The summed E-state index contributed by atoms with van der Waals surface area (Å²) in [6.45, 7) is 0. The van der Waals surface area contributed by atoms with Crippen molar-refractivity contribution in [3.8, 4) is 0 Å². The van der Waals surface area contributed by atoms with Crippen molar-refractivity contribution in [2.45, 2.75) is 0 Å². The number of rotatable bonds is 0. The minimum Gasteiger partial charge on any atom is -0.0616 e. The quantitative estimate of drug-likeness (QED) is 0.304. The summed E-state index contributed by atoms with van der Waals surface area (Å²) in [5.41, 5.74) is 0. The summed E-state index contributed by atoms with van der Waals surface area (Å²) >= 11 is 3.61. The predicted octanol–water partition coefficient (Wildman–Crippen LogP) is 6.50. The molecular weight excluding hydrogens is 320 g/mol. The lowest BCUT2D eigenvalue weighted by atomic mass is 10.1. The number of fused-ring (bicyclic) bond motifs is 6. The van der Waals surface area contributed by atoms with Crippen molar-refractivity contribution in [1.82, 2.24) is 0 Å². The first-order valence-electron chi connectivity index (χ1n) is 7.08. The molecule has 5 aromatic carbocycles. The van der Waals surface area contributed by atoms with E-state index in [0.717, 1.165) is 4.47 Å². The molecule has 21 heavy (non-hydrogen) atoms. The SMILES string of the molecule is Brc1ccc2c(c1)c1ccccc3c4ccccc4c2c31. The molecule has 0 amide bonds. The predicted molar refractivity (Wildman–Crippen MR) is 95.4 cm³/mol. The Kier molecular flexibility index (Phi) is 2.17. The average molecular weight is 331 g/mol. The molecule has 0 aliphatic rings. The van der Waals surface area contributed by atoms with Gasteiger partial charge < -0.3 is 0 Å². The van der Waals surface area contributed by atoms with Crippen LogP contribution in [0, 0.1) is 0 Å². The zero-order valence-electron chi connectivity index (χ0n) is 11.2. The van der Waals surface area contributed by atoms with Crippen molar-refractivity contribution in [3.63, 3.8) is 0 Å².